The molecule has 0 aliphatic heterocycles. The van der Waals surface area contributed by atoms with Crippen LogP contribution in [0.4, 0.5) is 4.79 Å². The first kappa shape index (κ1) is 9.81. The minimum absolute atomic E-state index is 0.206. The predicted molar refractivity (Wildman–Crippen MR) is 52.7 cm³/mol. The highest BCUT2D eigenvalue weighted by molar-refractivity contribution is 6.61. The lowest BCUT2D eigenvalue weighted by molar-refractivity contribution is 0.186. The molecule has 0 radical (unpaired) electrons. The number of carbonyl (C=O) groups is 1. The molecule has 0 fully saturated rings. The molecule has 0 saturated carbocycles. The largest absolute Gasteiger partial charge is 0.449 e. The molecule has 0 aliphatic rings. The molecule has 0 aromatic heterocycles. The monoisotopic (exact) mass is 196 g/mol. The van der Waals surface area contributed by atoms with Gasteiger partial charge in [0.1, 0.15) is 6.61 Å². The highest BCUT2D eigenvalue weighted by Crippen LogP contribution is 2.00. The van der Waals surface area contributed by atoms with Crippen LogP contribution in [-0.4, -0.2) is 12.0 Å². The van der Waals surface area contributed by atoms with E-state index in [2.05, 4.69) is 4.74 Å². The first-order valence-electron chi connectivity index (χ1n) is 3.83. The zero-order valence-electron chi connectivity index (χ0n) is 6.94. The van der Waals surface area contributed by atoms with Crippen molar-refractivity contribution in [2.24, 2.45) is 0 Å². The van der Waals surface area contributed by atoms with E-state index in [9.17, 15) is 4.79 Å². The van der Waals surface area contributed by atoms with Crippen molar-refractivity contribution in [3.8, 4) is 0 Å². The van der Waals surface area contributed by atoms with E-state index in [1.807, 2.05) is 36.4 Å². The van der Waals surface area contributed by atoms with E-state index in [-0.39, 0.29) is 6.61 Å². The summed E-state index contributed by atoms with van der Waals surface area (Å²) in [5, 5.41) is 0. The van der Waals surface area contributed by atoms with Gasteiger partial charge in [-0.15, -0.1) is 0 Å². The molecule has 0 N–H and O–H groups in total. The molecule has 1 aromatic rings. The zero-order chi connectivity index (χ0) is 9.52. The minimum atomic E-state index is -0.780. The fourth-order valence-electron chi connectivity index (χ4n) is 0.862. The third-order valence-corrected chi connectivity index (χ3v) is 1.51. The van der Waals surface area contributed by atoms with Gasteiger partial charge in [0.2, 0.25) is 0 Å². The molecule has 0 unspecified atom stereocenters. The second kappa shape index (κ2) is 5.38. The number of carbonyl (C=O) groups excluding carboxylic acids is 1. The fraction of sp³-hybridized carbons (Fsp3) is 0.100. The van der Waals surface area contributed by atoms with E-state index in [0.717, 1.165) is 5.56 Å². The molecule has 0 spiro atoms. The van der Waals surface area contributed by atoms with Crippen LogP contribution in [0.15, 0.2) is 36.4 Å². The van der Waals surface area contributed by atoms with Crippen LogP contribution in [0.5, 0.6) is 0 Å². The van der Waals surface area contributed by atoms with Crippen molar-refractivity contribution in [3.63, 3.8) is 0 Å². The maximum atomic E-state index is 10.2. The van der Waals surface area contributed by atoms with Crippen LogP contribution in [0.2, 0.25) is 0 Å². The topological polar surface area (TPSA) is 26.3 Å². The number of benzene rings is 1. The molecule has 0 amide bonds. The molecule has 3 heteroatoms. The molecule has 2 nitrogen and oxygen atoms in total. The van der Waals surface area contributed by atoms with Crippen molar-refractivity contribution in [1.29, 1.82) is 0 Å². The van der Waals surface area contributed by atoms with Gasteiger partial charge in [0, 0.05) is 11.6 Å². The maximum Gasteiger partial charge on any atom is 0.404 e. The molecule has 13 heavy (non-hydrogen) atoms. The van der Waals surface area contributed by atoms with Crippen molar-refractivity contribution in [1.82, 2.24) is 0 Å². The average Bonchev–Trinajstić information content (AvgIpc) is 2.14. The standard InChI is InChI=1S/C10H9ClO2/c11-10(12)13-8-4-7-9-5-2-1-3-6-9/h1-7H,8H2/b7-4+. The summed E-state index contributed by atoms with van der Waals surface area (Å²) in [5.41, 5.74) is 0.283. The van der Waals surface area contributed by atoms with Crippen molar-refractivity contribution < 1.29 is 9.53 Å². The third-order valence-electron chi connectivity index (χ3n) is 1.40. The number of rotatable bonds is 3. The molecule has 0 saturated heterocycles. The van der Waals surface area contributed by atoms with Crippen LogP contribution in [0.25, 0.3) is 6.08 Å². The summed E-state index contributed by atoms with van der Waals surface area (Å²) in [5.74, 6) is 0. The average molecular weight is 197 g/mol. The fourth-order valence-corrected chi connectivity index (χ4v) is 0.925. The van der Waals surface area contributed by atoms with Gasteiger partial charge in [0.05, 0.1) is 0 Å². The predicted octanol–water partition coefficient (Wildman–Crippen LogP) is 3.08. The first-order chi connectivity index (χ1) is 6.29. The van der Waals surface area contributed by atoms with Gasteiger partial charge < -0.3 is 4.74 Å². The van der Waals surface area contributed by atoms with Gasteiger partial charge in [-0.3, -0.25) is 0 Å². The Bertz CT molecular complexity index is 293. The number of hydrogen-bond donors (Lipinski definition) is 0. The van der Waals surface area contributed by atoms with E-state index < -0.39 is 5.43 Å². The van der Waals surface area contributed by atoms with E-state index >= 15 is 0 Å². The van der Waals surface area contributed by atoms with Crippen molar-refractivity contribution >= 4 is 23.1 Å². The second-order valence-electron chi connectivity index (χ2n) is 2.36. The molecule has 0 atom stereocenters. The molecular formula is C10H9ClO2. The summed E-state index contributed by atoms with van der Waals surface area (Å²) in [6.07, 6.45) is 3.59. The van der Waals surface area contributed by atoms with E-state index in [4.69, 9.17) is 11.6 Å². The maximum absolute atomic E-state index is 10.2. The summed E-state index contributed by atoms with van der Waals surface area (Å²) in [7, 11) is 0. The van der Waals surface area contributed by atoms with Crippen LogP contribution in [0.1, 0.15) is 5.56 Å². The molecule has 0 bridgehead atoms. The molecule has 0 heterocycles. The number of halogens is 1. The summed E-state index contributed by atoms with van der Waals surface area (Å²) in [6.45, 7) is 0.206. The van der Waals surface area contributed by atoms with Crippen LogP contribution < -0.4 is 0 Å². The van der Waals surface area contributed by atoms with Crippen LogP contribution >= 0.6 is 11.6 Å². The molecule has 68 valence electrons. The highest BCUT2D eigenvalue weighted by Gasteiger charge is 1.89. The first-order valence-corrected chi connectivity index (χ1v) is 4.20. The summed E-state index contributed by atoms with van der Waals surface area (Å²) in [4.78, 5) is 10.2. The van der Waals surface area contributed by atoms with Gasteiger partial charge in [-0.2, -0.15) is 0 Å². The van der Waals surface area contributed by atoms with E-state index in [0.29, 0.717) is 0 Å². The smallest absolute Gasteiger partial charge is 0.404 e. The van der Waals surface area contributed by atoms with E-state index in [1.165, 1.54) is 0 Å². The van der Waals surface area contributed by atoms with Gasteiger partial charge in [-0.25, -0.2) is 4.79 Å². The summed E-state index contributed by atoms with van der Waals surface area (Å²) in [6, 6.07) is 9.73. The molecule has 0 aliphatic carbocycles. The Morgan fingerprint density at radius 1 is 1.38 bits per heavy atom. The lowest BCUT2D eigenvalue weighted by Crippen LogP contribution is -1.91. The van der Waals surface area contributed by atoms with E-state index in [1.54, 1.807) is 6.08 Å². The van der Waals surface area contributed by atoms with Crippen LogP contribution in [-0.2, 0) is 4.74 Å². The Morgan fingerprint density at radius 2 is 2.08 bits per heavy atom. The van der Waals surface area contributed by atoms with Gasteiger partial charge in [-0.05, 0) is 11.6 Å². The number of hydrogen-bond acceptors (Lipinski definition) is 2. The Labute approximate surface area is 81.8 Å². The van der Waals surface area contributed by atoms with Gasteiger partial charge in [-0.1, -0.05) is 36.4 Å². The van der Waals surface area contributed by atoms with Gasteiger partial charge in [0.15, 0.2) is 0 Å². The zero-order valence-corrected chi connectivity index (χ0v) is 7.70. The summed E-state index contributed by atoms with van der Waals surface area (Å²) < 4.78 is 4.50. The minimum Gasteiger partial charge on any atom is -0.449 e. The lowest BCUT2D eigenvalue weighted by atomic mass is 10.2. The molecular weight excluding hydrogens is 188 g/mol. The SMILES string of the molecule is O=C(Cl)OC/C=C/c1ccccc1. The highest BCUT2D eigenvalue weighted by atomic mass is 35.5. The Kier molecular flexibility index (Phi) is 4.06. The number of ether oxygens (including phenoxy) is 1. The second-order valence-corrected chi connectivity index (χ2v) is 2.67. The normalized spacial score (nSPS) is 10.2. The van der Waals surface area contributed by atoms with Crippen molar-refractivity contribution in [2.45, 2.75) is 0 Å². The van der Waals surface area contributed by atoms with Crippen molar-refractivity contribution in [2.75, 3.05) is 6.61 Å². The summed E-state index contributed by atoms with van der Waals surface area (Å²) >= 11 is 4.96. The Morgan fingerprint density at radius 3 is 2.69 bits per heavy atom. The Hall–Kier alpha value is -1.28. The van der Waals surface area contributed by atoms with Gasteiger partial charge in [0.25, 0.3) is 0 Å². The quantitative estimate of drug-likeness (QED) is 0.695. The van der Waals surface area contributed by atoms with Crippen molar-refractivity contribution in [3.05, 3.63) is 42.0 Å². The van der Waals surface area contributed by atoms with Gasteiger partial charge >= 0.3 is 5.43 Å². The third kappa shape index (κ3) is 4.33. The molecule has 1 rings (SSSR count). The van der Waals surface area contributed by atoms with Crippen LogP contribution in [0, 0.1) is 0 Å². The molecule has 1 aromatic carbocycles. The lowest BCUT2D eigenvalue weighted by Gasteiger charge is -1.93. The Balaban J connectivity index is 2.37. The van der Waals surface area contributed by atoms with Crippen LogP contribution in [0.3, 0.4) is 0 Å².